The summed E-state index contributed by atoms with van der Waals surface area (Å²) in [6.45, 7) is 4.12. The lowest BCUT2D eigenvalue weighted by atomic mass is 9.90. The molecule has 2 heterocycles. The number of piperidine rings is 1. The van der Waals surface area contributed by atoms with Crippen LogP contribution in [0.5, 0.6) is 5.75 Å². The Hall–Kier alpha value is -2.07. The van der Waals surface area contributed by atoms with Crippen LogP contribution in [0.2, 0.25) is 0 Å². The molecule has 0 atom stereocenters. The zero-order chi connectivity index (χ0) is 17.8. The summed E-state index contributed by atoms with van der Waals surface area (Å²) in [7, 11) is 0. The van der Waals surface area contributed by atoms with Crippen molar-refractivity contribution in [1.82, 2.24) is 4.90 Å². The average molecular weight is 354 g/mol. The van der Waals surface area contributed by atoms with Gasteiger partial charge in [-0.3, -0.25) is 0 Å². The van der Waals surface area contributed by atoms with Gasteiger partial charge in [0.15, 0.2) is 6.73 Å². The quantitative estimate of drug-likeness (QED) is 0.828. The van der Waals surface area contributed by atoms with Gasteiger partial charge in [0.25, 0.3) is 0 Å². The molecule has 1 fully saturated rings. The summed E-state index contributed by atoms with van der Waals surface area (Å²) in [5, 5.41) is 3.21. The lowest BCUT2D eigenvalue weighted by Crippen LogP contribution is -2.35. The van der Waals surface area contributed by atoms with Crippen LogP contribution in [0.4, 0.5) is 10.1 Å². The number of benzene rings is 2. The van der Waals surface area contributed by atoms with Crippen LogP contribution in [0.25, 0.3) is 0 Å². The lowest BCUT2D eigenvalue weighted by molar-refractivity contribution is 0.182. The van der Waals surface area contributed by atoms with Crippen LogP contribution in [-0.2, 0) is 12.8 Å². The number of ether oxygens (including phenoxy) is 1. The highest BCUT2D eigenvalue weighted by molar-refractivity contribution is 5.60. The minimum Gasteiger partial charge on any atom is -0.471 e. The molecule has 3 nitrogen and oxygen atoms in total. The maximum Gasteiger partial charge on any atom is 0.159 e. The summed E-state index contributed by atoms with van der Waals surface area (Å²) in [5.74, 6) is 1.58. The number of anilines is 1. The maximum absolute atomic E-state index is 13.0. The molecule has 0 spiro atoms. The Morgan fingerprint density at radius 3 is 2.62 bits per heavy atom. The van der Waals surface area contributed by atoms with Gasteiger partial charge in [-0.2, -0.15) is 0 Å². The number of nitrogens with one attached hydrogen (secondary N) is 1. The molecule has 2 aromatic carbocycles. The predicted molar refractivity (Wildman–Crippen MR) is 103 cm³/mol. The number of aryl methyl sites for hydroxylation is 1. The molecule has 0 aromatic heterocycles. The fourth-order valence-corrected chi connectivity index (χ4v) is 4.05. The highest BCUT2D eigenvalue weighted by Gasteiger charge is 2.19. The molecule has 2 aromatic rings. The van der Waals surface area contributed by atoms with E-state index in [1.807, 2.05) is 12.1 Å². The molecule has 4 heteroatoms. The molecular weight excluding hydrogens is 327 g/mol. The zero-order valence-electron chi connectivity index (χ0n) is 15.2. The first-order chi connectivity index (χ1) is 12.8. The van der Waals surface area contributed by atoms with Crippen molar-refractivity contribution >= 4 is 5.69 Å². The largest absolute Gasteiger partial charge is 0.471 e. The fraction of sp³-hybridized carbons (Fsp3) is 0.455. The zero-order valence-corrected chi connectivity index (χ0v) is 15.2. The van der Waals surface area contributed by atoms with Gasteiger partial charge in [-0.15, -0.1) is 0 Å². The Bertz CT molecular complexity index is 723. The van der Waals surface area contributed by atoms with E-state index in [-0.39, 0.29) is 5.82 Å². The number of likely N-dealkylation sites (tertiary alicyclic amines) is 1. The van der Waals surface area contributed by atoms with Crippen molar-refractivity contribution in [2.24, 2.45) is 5.92 Å². The average Bonchev–Trinajstić information content (AvgIpc) is 3.13. The molecular formula is C22H27FN2O. The molecule has 0 unspecified atom stereocenters. The van der Waals surface area contributed by atoms with Crippen LogP contribution in [0, 0.1) is 11.7 Å². The Labute approximate surface area is 155 Å². The van der Waals surface area contributed by atoms with Crippen LogP contribution in [-0.4, -0.2) is 31.3 Å². The predicted octanol–water partition coefficient (Wildman–Crippen LogP) is 4.47. The molecule has 0 radical (unpaired) electrons. The van der Waals surface area contributed by atoms with Crippen LogP contribution >= 0.6 is 0 Å². The van der Waals surface area contributed by atoms with E-state index in [1.165, 1.54) is 50.0 Å². The van der Waals surface area contributed by atoms with Crippen LogP contribution in [0.3, 0.4) is 0 Å². The van der Waals surface area contributed by atoms with Gasteiger partial charge in [-0.1, -0.05) is 18.2 Å². The summed E-state index contributed by atoms with van der Waals surface area (Å²) < 4.78 is 18.6. The number of hydrogen-bond acceptors (Lipinski definition) is 3. The van der Waals surface area contributed by atoms with E-state index in [9.17, 15) is 4.39 Å². The molecule has 2 aliphatic heterocycles. The van der Waals surface area contributed by atoms with Crippen molar-refractivity contribution in [3.05, 3.63) is 59.4 Å². The monoisotopic (exact) mass is 354 g/mol. The fourth-order valence-electron chi connectivity index (χ4n) is 4.05. The second kappa shape index (κ2) is 8.09. The van der Waals surface area contributed by atoms with Crippen molar-refractivity contribution in [1.29, 1.82) is 0 Å². The van der Waals surface area contributed by atoms with Gasteiger partial charge >= 0.3 is 0 Å². The SMILES string of the molecule is Fc1ccc(CC2CCN(CCCc3ccc4c(c3)OCN4)CC2)cc1. The van der Waals surface area contributed by atoms with Gasteiger partial charge < -0.3 is 15.0 Å². The van der Waals surface area contributed by atoms with E-state index in [1.54, 1.807) is 12.1 Å². The van der Waals surface area contributed by atoms with Crippen molar-refractivity contribution in [3.63, 3.8) is 0 Å². The smallest absolute Gasteiger partial charge is 0.159 e. The summed E-state index contributed by atoms with van der Waals surface area (Å²) in [6.07, 6.45) is 5.86. The minimum atomic E-state index is -0.144. The number of nitrogens with zero attached hydrogens (tertiary/aromatic N) is 1. The lowest BCUT2D eigenvalue weighted by Gasteiger charge is -2.32. The Morgan fingerprint density at radius 1 is 1.04 bits per heavy atom. The summed E-state index contributed by atoms with van der Waals surface area (Å²) in [4.78, 5) is 2.59. The third-order valence-corrected chi connectivity index (χ3v) is 5.62. The third-order valence-electron chi connectivity index (χ3n) is 5.62. The van der Waals surface area contributed by atoms with E-state index < -0.39 is 0 Å². The van der Waals surface area contributed by atoms with E-state index in [0.29, 0.717) is 6.73 Å². The number of halogens is 1. The number of rotatable bonds is 6. The van der Waals surface area contributed by atoms with Crippen LogP contribution in [0.1, 0.15) is 30.4 Å². The van der Waals surface area contributed by atoms with E-state index in [4.69, 9.17) is 4.74 Å². The molecule has 2 aliphatic rings. The van der Waals surface area contributed by atoms with E-state index in [2.05, 4.69) is 28.4 Å². The van der Waals surface area contributed by atoms with Gasteiger partial charge in [0.1, 0.15) is 11.6 Å². The van der Waals surface area contributed by atoms with Gasteiger partial charge in [-0.05, 0) is 93.0 Å². The van der Waals surface area contributed by atoms with Gasteiger partial charge in [0.2, 0.25) is 0 Å². The number of fused-ring (bicyclic) bond motifs is 1. The summed E-state index contributed by atoms with van der Waals surface area (Å²) >= 11 is 0. The first kappa shape index (κ1) is 17.3. The first-order valence-corrected chi connectivity index (χ1v) is 9.73. The second-order valence-electron chi connectivity index (χ2n) is 7.52. The summed E-state index contributed by atoms with van der Waals surface area (Å²) in [6, 6.07) is 13.5. The molecule has 1 N–H and O–H groups in total. The second-order valence-corrected chi connectivity index (χ2v) is 7.52. The molecule has 0 bridgehead atoms. The van der Waals surface area contributed by atoms with Gasteiger partial charge in [-0.25, -0.2) is 4.39 Å². The standard InChI is InChI=1S/C22H27FN2O/c23-20-6-3-18(4-7-20)14-19-9-12-25(13-10-19)11-1-2-17-5-8-21-22(15-17)26-16-24-21/h3-8,15,19,24H,1-2,9-14,16H2. The molecule has 0 aliphatic carbocycles. The highest BCUT2D eigenvalue weighted by atomic mass is 19.1. The molecule has 0 amide bonds. The molecule has 138 valence electrons. The Balaban J connectivity index is 1.18. The van der Waals surface area contributed by atoms with Crippen LogP contribution < -0.4 is 10.1 Å². The third kappa shape index (κ3) is 4.36. The van der Waals surface area contributed by atoms with Crippen molar-refractivity contribution in [2.75, 3.05) is 31.7 Å². The Kier molecular flexibility index (Phi) is 5.40. The summed E-state index contributed by atoms with van der Waals surface area (Å²) in [5.41, 5.74) is 3.73. The van der Waals surface area contributed by atoms with E-state index in [0.717, 1.165) is 30.2 Å². The molecule has 1 saturated heterocycles. The van der Waals surface area contributed by atoms with E-state index >= 15 is 0 Å². The van der Waals surface area contributed by atoms with Gasteiger partial charge in [0.05, 0.1) is 5.69 Å². The normalized spacial score (nSPS) is 17.6. The Morgan fingerprint density at radius 2 is 1.81 bits per heavy atom. The molecule has 0 saturated carbocycles. The maximum atomic E-state index is 13.0. The number of hydrogen-bond donors (Lipinski definition) is 1. The van der Waals surface area contributed by atoms with Crippen molar-refractivity contribution in [3.8, 4) is 5.75 Å². The first-order valence-electron chi connectivity index (χ1n) is 9.73. The van der Waals surface area contributed by atoms with Gasteiger partial charge in [0, 0.05) is 0 Å². The molecule has 4 rings (SSSR count). The topological polar surface area (TPSA) is 24.5 Å². The van der Waals surface area contributed by atoms with Crippen LogP contribution in [0.15, 0.2) is 42.5 Å². The molecule has 26 heavy (non-hydrogen) atoms. The van der Waals surface area contributed by atoms with Crippen molar-refractivity contribution in [2.45, 2.75) is 32.1 Å². The van der Waals surface area contributed by atoms with Crippen molar-refractivity contribution < 1.29 is 9.13 Å². The minimum absolute atomic E-state index is 0.144. The highest BCUT2D eigenvalue weighted by Crippen LogP contribution is 2.30.